The van der Waals surface area contributed by atoms with Crippen molar-refractivity contribution in [3.63, 3.8) is 0 Å². The third-order valence-corrected chi connectivity index (χ3v) is 2.63. The molecule has 0 aliphatic rings. The highest BCUT2D eigenvalue weighted by atomic mass is 32.2. The van der Waals surface area contributed by atoms with Crippen molar-refractivity contribution in [2.45, 2.75) is 24.3 Å². The van der Waals surface area contributed by atoms with E-state index in [1.54, 1.807) is 13.0 Å². The van der Waals surface area contributed by atoms with Crippen molar-refractivity contribution in [1.29, 1.82) is 0 Å². The topological polar surface area (TPSA) is 20.2 Å². The molecule has 3 heteroatoms. The summed E-state index contributed by atoms with van der Waals surface area (Å²) in [6, 6.07) is 4.96. The van der Waals surface area contributed by atoms with E-state index in [-0.39, 0.29) is 5.82 Å². The SMILES string of the molecule is CSc1c(F)cccc1CC(C)O. The lowest BCUT2D eigenvalue weighted by molar-refractivity contribution is 0.194. The third-order valence-electron chi connectivity index (χ3n) is 1.77. The number of hydrogen-bond donors (Lipinski definition) is 1. The first kappa shape index (κ1) is 10.5. The molecule has 0 aliphatic heterocycles. The summed E-state index contributed by atoms with van der Waals surface area (Å²) in [6.07, 6.45) is 1.92. The fourth-order valence-corrected chi connectivity index (χ4v) is 1.94. The van der Waals surface area contributed by atoms with Crippen LogP contribution in [0.1, 0.15) is 12.5 Å². The number of aliphatic hydroxyl groups excluding tert-OH is 1. The van der Waals surface area contributed by atoms with Gasteiger partial charge in [0, 0.05) is 4.90 Å². The van der Waals surface area contributed by atoms with Crippen molar-refractivity contribution in [1.82, 2.24) is 0 Å². The molecule has 0 saturated carbocycles. The van der Waals surface area contributed by atoms with Crippen LogP contribution >= 0.6 is 11.8 Å². The normalized spacial score (nSPS) is 12.9. The van der Waals surface area contributed by atoms with Crippen LogP contribution in [0.2, 0.25) is 0 Å². The van der Waals surface area contributed by atoms with Crippen molar-refractivity contribution in [2.75, 3.05) is 6.26 Å². The minimum Gasteiger partial charge on any atom is -0.393 e. The molecule has 1 aromatic carbocycles. The Labute approximate surface area is 82.0 Å². The van der Waals surface area contributed by atoms with Crippen LogP contribution < -0.4 is 0 Å². The largest absolute Gasteiger partial charge is 0.393 e. The minimum absolute atomic E-state index is 0.203. The molecule has 0 fully saturated rings. The van der Waals surface area contributed by atoms with Crippen molar-refractivity contribution < 1.29 is 9.50 Å². The van der Waals surface area contributed by atoms with Gasteiger partial charge in [-0.2, -0.15) is 0 Å². The van der Waals surface area contributed by atoms with Crippen LogP contribution in [0.4, 0.5) is 4.39 Å². The molecular formula is C10H13FOS. The quantitative estimate of drug-likeness (QED) is 0.756. The van der Waals surface area contributed by atoms with Gasteiger partial charge in [-0.15, -0.1) is 11.8 Å². The van der Waals surface area contributed by atoms with Gasteiger partial charge in [0.2, 0.25) is 0 Å². The molecule has 13 heavy (non-hydrogen) atoms. The van der Waals surface area contributed by atoms with Crippen LogP contribution in [0.3, 0.4) is 0 Å². The fourth-order valence-electron chi connectivity index (χ4n) is 1.26. The molecule has 72 valence electrons. The molecule has 0 radical (unpaired) electrons. The molecular weight excluding hydrogens is 187 g/mol. The lowest BCUT2D eigenvalue weighted by Gasteiger charge is -2.09. The number of halogens is 1. The summed E-state index contributed by atoms with van der Waals surface area (Å²) in [5, 5.41) is 9.18. The van der Waals surface area contributed by atoms with E-state index in [9.17, 15) is 9.50 Å². The molecule has 1 atom stereocenters. The van der Waals surface area contributed by atoms with Gasteiger partial charge >= 0.3 is 0 Å². The zero-order valence-electron chi connectivity index (χ0n) is 7.75. The Morgan fingerprint density at radius 2 is 2.23 bits per heavy atom. The molecule has 0 heterocycles. The average molecular weight is 200 g/mol. The van der Waals surface area contributed by atoms with E-state index >= 15 is 0 Å². The lowest BCUT2D eigenvalue weighted by atomic mass is 10.1. The Morgan fingerprint density at radius 3 is 2.77 bits per heavy atom. The van der Waals surface area contributed by atoms with E-state index in [1.165, 1.54) is 17.8 Å². The van der Waals surface area contributed by atoms with E-state index in [0.717, 1.165) is 5.56 Å². The lowest BCUT2D eigenvalue weighted by Crippen LogP contribution is -2.05. The second kappa shape index (κ2) is 4.63. The monoisotopic (exact) mass is 200 g/mol. The summed E-state index contributed by atoms with van der Waals surface area (Å²) in [5.41, 5.74) is 0.877. The van der Waals surface area contributed by atoms with E-state index in [1.807, 2.05) is 12.3 Å². The molecule has 1 nitrogen and oxygen atoms in total. The number of rotatable bonds is 3. The predicted octanol–water partition coefficient (Wildman–Crippen LogP) is 2.47. The highest BCUT2D eigenvalue weighted by Crippen LogP contribution is 2.24. The van der Waals surface area contributed by atoms with Crippen molar-refractivity contribution in [2.24, 2.45) is 0 Å². The van der Waals surface area contributed by atoms with Crippen molar-refractivity contribution in [3.8, 4) is 0 Å². The molecule has 0 aromatic heterocycles. The highest BCUT2D eigenvalue weighted by Gasteiger charge is 2.08. The van der Waals surface area contributed by atoms with Gasteiger partial charge in [-0.05, 0) is 31.2 Å². The number of thioether (sulfide) groups is 1. The second-order valence-electron chi connectivity index (χ2n) is 2.99. The van der Waals surface area contributed by atoms with Gasteiger partial charge in [0.15, 0.2) is 0 Å². The molecule has 1 N–H and O–H groups in total. The first-order valence-corrected chi connectivity index (χ1v) is 5.37. The fraction of sp³-hybridized carbons (Fsp3) is 0.400. The third kappa shape index (κ3) is 2.71. The van der Waals surface area contributed by atoms with Gasteiger partial charge in [0.1, 0.15) is 5.82 Å². The number of benzene rings is 1. The van der Waals surface area contributed by atoms with Crippen LogP contribution in [0.15, 0.2) is 23.1 Å². The Hall–Kier alpha value is -0.540. The van der Waals surface area contributed by atoms with Crippen LogP contribution in [-0.2, 0) is 6.42 Å². The minimum atomic E-state index is -0.423. The molecule has 1 rings (SSSR count). The predicted molar refractivity (Wildman–Crippen MR) is 53.6 cm³/mol. The first-order valence-electron chi connectivity index (χ1n) is 4.14. The van der Waals surface area contributed by atoms with Gasteiger partial charge in [0.05, 0.1) is 6.10 Å². The zero-order valence-corrected chi connectivity index (χ0v) is 8.57. The van der Waals surface area contributed by atoms with Crippen LogP contribution in [0.5, 0.6) is 0 Å². The number of hydrogen-bond acceptors (Lipinski definition) is 2. The van der Waals surface area contributed by atoms with Crippen molar-refractivity contribution in [3.05, 3.63) is 29.6 Å². The summed E-state index contributed by atoms with van der Waals surface area (Å²) in [5.74, 6) is -0.203. The first-order chi connectivity index (χ1) is 6.15. The summed E-state index contributed by atoms with van der Waals surface area (Å²) >= 11 is 1.38. The van der Waals surface area contributed by atoms with E-state index in [2.05, 4.69) is 0 Å². The summed E-state index contributed by atoms with van der Waals surface area (Å²) in [7, 11) is 0. The summed E-state index contributed by atoms with van der Waals surface area (Å²) in [6.45, 7) is 1.70. The Bertz CT molecular complexity index is 286. The van der Waals surface area contributed by atoms with Crippen LogP contribution in [0, 0.1) is 5.82 Å². The van der Waals surface area contributed by atoms with E-state index in [4.69, 9.17) is 0 Å². The second-order valence-corrected chi connectivity index (χ2v) is 3.80. The highest BCUT2D eigenvalue weighted by molar-refractivity contribution is 7.98. The van der Waals surface area contributed by atoms with Gasteiger partial charge in [-0.25, -0.2) is 4.39 Å². The molecule has 1 aromatic rings. The molecule has 0 spiro atoms. The van der Waals surface area contributed by atoms with Gasteiger partial charge in [-0.1, -0.05) is 12.1 Å². The van der Waals surface area contributed by atoms with Gasteiger partial charge in [-0.3, -0.25) is 0 Å². The average Bonchev–Trinajstić information content (AvgIpc) is 2.03. The maximum absolute atomic E-state index is 13.2. The van der Waals surface area contributed by atoms with E-state index < -0.39 is 6.10 Å². The smallest absolute Gasteiger partial charge is 0.137 e. The van der Waals surface area contributed by atoms with E-state index in [0.29, 0.717) is 11.3 Å². The Kier molecular flexibility index (Phi) is 3.75. The van der Waals surface area contributed by atoms with Crippen LogP contribution in [0.25, 0.3) is 0 Å². The maximum Gasteiger partial charge on any atom is 0.137 e. The van der Waals surface area contributed by atoms with Crippen LogP contribution in [-0.4, -0.2) is 17.5 Å². The summed E-state index contributed by atoms with van der Waals surface area (Å²) in [4.78, 5) is 0.642. The Morgan fingerprint density at radius 1 is 1.54 bits per heavy atom. The molecule has 0 amide bonds. The molecule has 0 aliphatic carbocycles. The summed E-state index contributed by atoms with van der Waals surface area (Å²) < 4.78 is 13.2. The molecule has 0 saturated heterocycles. The number of aliphatic hydroxyl groups is 1. The molecule has 0 bridgehead atoms. The van der Waals surface area contributed by atoms with Gasteiger partial charge < -0.3 is 5.11 Å². The van der Waals surface area contributed by atoms with Crippen molar-refractivity contribution >= 4 is 11.8 Å². The maximum atomic E-state index is 13.2. The Balaban J connectivity index is 2.98. The molecule has 1 unspecified atom stereocenters. The standard InChI is InChI=1S/C10H13FOS/c1-7(12)6-8-4-3-5-9(11)10(8)13-2/h3-5,7,12H,6H2,1-2H3. The van der Waals surface area contributed by atoms with Gasteiger partial charge in [0.25, 0.3) is 0 Å². The zero-order chi connectivity index (χ0) is 9.84.